The summed E-state index contributed by atoms with van der Waals surface area (Å²) in [5, 5.41) is 2.83. The highest BCUT2D eigenvalue weighted by atomic mass is 32.2. The van der Waals surface area contributed by atoms with Crippen LogP contribution in [0.5, 0.6) is 0 Å². The fourth-order valence-electron chi connectivity index (χ4n) is 2.94. The minimum absolute atomic E-state index is 0.0642. The predicted octanol–water partition coefficient (Wildman–Crippen LogP) is 3.73. The van der Waals surface area contributed by atoms with E-state index in [4.69, 9.17) is 0 Å². The van der Waals surface area contributed by atoms with Gasteiger partial charge < -0.3 is 5.32 Å². The zero-order valence-corrected chi connectivity index (χ0v) is 16.8. The van der Waals surface area contributed by atoms with E-state index in [1.807, 2.05) is 18.2 Å². The van der Waals surface area contributed by atoms with Crippen molar-refractivity contribution in [3.63, 3.8) is 0 Å². The standard InChI is InChI=1S/C20H24N2O3S2/c23-20(12-15-26-16-17-6-2-1-3-7-17)21-18-8-10-19(11-9-18)27(24,25)22-13-4-5-14-22/h1-3,6-11H,4-5,12-16H2,(H,21,23). The molecule has 0 saturated carbocycles. The van der Waals surface area contributed by atoms with Crippen LogP contribution in [0.3, 0.4) is 0 Å². The minimum atomic E-state index is -3.41. The molecule has 5 nitrogen and oxygen atoms in total. The minimum Gasteiger partial charge on any atom is -0.326 e. The topological polar surface area (TPSA) is 66.5 Å². The Labute approximate surface area is 165 Å². The van der Waals surface area contributed by atoms with Crippen molar-refractivity contribution in [2.75, 3.05) is 24.2 Å². The molecule has 0 aromatic heterocycles. The van der Waals surface area contributed by atoms with Crippen LogP contribution in [0.1, 0.15) is 24.8 Å². The Kier molecular flexibility index (Phi) is 6.93. The fourth-order valence-corrected chi connectivity index (χ4v) is 5.36. The number of nitrogens with one attached hydrogen (secondary N) is 1. The van der Waals surface area contributed by atoms with E-state index in [1.54, 1.807) is 36.0 Å². The number of carbonyl (C=O) groups is 1. The van der Waals surface area contributed by atoms with Crippen molar-refractivity contribution in [2.24, 2.45) is 0 Å². The maximum absolute atomic E-state index is 12.5. The molecule has 2 aromatic carbocycles. The first-order valence-electron chi connectivity index (χ1n) is 9.07. The number of rotatable bonds is 8. The quantitative estimate of drug-likeness (QED) is 0.681. The van der Waals surface area contributed by atoms with Crippen molar-refractivity contribution in [2.45, 2.75) is 29.9 Å². The molecule has 1 N–H and O–H groups in total. The Bertz CT molecular complexity index is 847. The smallest absolute Gasteiger partial charge is 0.243 e. The first kappa shape index (κ1) is 19.9. The maximum atomic E-state index is 12.5. The fraction of sp³-hybridized carbons (Fsp3) is 0.350. The molecule has 0 aliphatic carbocycles. The van der Waals surface area contributed by atoms with Crippen LogP contribution in [-0.4, -0.2) is 37.5 Å². The van der Waals surface area contributed by atoms with Gasteiger partial charge in [-0.2, -0.15) is 16.1 Å². The Hall–Kier alpha value is -1.83. The first-order chi connectivity index (χ1) is 13.1. The summed E-state index contributed by atoms with van der Waals surface area (Å²) in [6, 6.07) is 16.6. The summed E-state index contributed by atoms with van der Waals surface area (Å²) >= 11 is 1.72. The van der Waals surface area contributed by atoms with Crippen molar-refractivity contribution >= 4 is 33.4 Å². The molecule has 1 saturated heterocycles. The normalized spacial score (nSPS) is 15.0. The number of benzene rings is 2. The van der Waals surface area contributed by atoms with E-state index in [0.717, 1.165) is 24.3 Å². The highest BCUT2D eigenvalue weighted by Crippen LogP contribution is 2.22. The van der Waals surface area contributed by atoms with Crippen LogP contribution in [0.25, 0.3) is 0 Å². The molecule has 0 spiro atoms. The Morgan fingerprint density at radius 3 is 2.33 bits per heavy atom. The van der Waals surface area contributed by atoms with Gasteiger partial charge >= 0.3 is 0 Å². The van der Waals surface area contributed by atoms with E-state index in [2.05, 4.69) is 17.4 Å². The van der Waals surface area contributed by atoms with E-state index in [1.165, 1.54) is 9.87 Å². The number of carbonyl (C=O) groups excluding carboxylic acids is 1. The number of thioether (sulfide) groups is 1. The van der Waals surface area contributed by atoms with Gasteiger partial charge in [0.1, 0.15) is 0 Å². The molecule has 1 fully saturated rings. The lowest BCUT2D eigenvalue weighted by molar-refractivity contribution is -0.115. The van der Waals surface area contributed by atoms with Crippen LogP contribution < -0.4 is 5.32 Å². The molecule has 1 aliphatic rings. The van der Waals surface area contributed by atoms with E-state index in [9.17, 15) is 13.2 Å². The molecule has 1 heterocycles. The van der Waals surface area contributed by atoms with Gasteiger partial charge in [-0.1, -0.05) is 30.3 Å². The summed E-state index contributed by atoms with van der Waals surface area (Å²) in [7, 11) is -3.41. The lowest BCUT2D eigenvalue weighted by Crippen LogP contribution is -2.27. The molecule has 0 unspecified atom stereocenters. The number of hydrogen-bond acceptors (Lipinski definition) is 4. The molecule has 3 rings (SSSR count). The zero-order valence-electron chi connectivity index (χ0n) is 15.1. The lowest BCUT2D eigenvalue weighted by Gasteiger charge is -2.15. The van der Waals surface area contributed by atoms with Crippen LogP contribution in [0.15, 0.2) is 59.5 Å². The van der Waals surface area contributed by atoms with Crippen molar-refractivity contribution in [3.05, 3.63) is 60.2 Å². The third-order valence-corrected chi connectivity index (χ3v) is 7.37. The van der Waals surface area contributed by atoms with E-state index >= 15 is 0 Å². The van der Waals surface area contributed by atoms with Gasteiger partial charge in [0.2, 0.25) is 15.9 Å². The monoisotopic (exact) mass is 404 g/mol. The summed E-state index contributed by atoms with van der Waals surface area (Å²) in [5.74, 6) is 1.56. The Morgan fingerprint density at radius 2 is 1.67 bits per heavy atom. The largest absolute Gasteiger partial charge is 0.326 e. The summed E-state index contributed by atoms with van der Waals surface area (Å²) < 4.78 is 26.5. The molecule has 7 heteroatoms. The second-order valence-electron chi connectivity index (χ2n) is 6.47. The Balaban J connectivity index is 1.45. The van der Waals surface area contributed by atoms with E-state index in [0.29, 0.717) is 25.2 Å². The van der Waals surface area contributed by atoms with Gasteiger partial charge in [-0.15, -0.1) is 0 Å². The lowest BCUT2D eigenvalue weighted by atomic mass is 10.2. The summed E-state index contributed by atoms with van der Waals surface area (Å²) in [4.78, 5) is 12.3. The molecule has 144 valence electrons. The Morgan fingerprint density at radius 1 is 1.00 bits per heavy atom. The molecule has 0 bridgehead atoms. The summed E-state index contributed by atoms with van der Waals surface area (Å²) in [6.45, 7) is 1.17. The van der Waals surface area contributed by atoms with Crippen LogP contribution in [-0.2, 0) is 20.6 Å². The number of amides is 1. The van der Waals surface area contributed by atoms with E-state index in [-0.39, 0.29) is 10.8 Å². The first-order valence-corrected chi connectivity index (χ1v) is 11.7. The third-order valence-electron chi connectivity index (χ3n) is 4.43. The van der Waals surface area contributed by atoms with Gasteiger partial charge in [-0.05, 0) is 42.7 Å². The summed E-state index contributed by atoms with van der Waals surface area (Å²) in [6.07, 6.45) is 2.25. The average Bonchev–Trinajstić information content (AvgIpc) is 3.22. The van der Waals surface area contributed by atoms with Crippen LogP contribution in [0.2, 0.25) is 0 Å². The zero-order chi connectivity index (χ0) is 19.1. The molecule has 2 aromatic rings. The second kappa shape index (κ2) is 9.39. The van der Waals surface area contributed by atoms with Crippen molar-refractivity contribution in [3.8, 4) is 0 Å². The van der Waals surface area contributed by atoms with Gasteiger partial charge in [0, 0.05) is 36.7 Å². The molecule has 27 heavy (non-hydrogen) atoms. The number of sulfonamides is 1. The van der Waals surface area contributed by atoms with Gasteiger partial charge in [-0.3, -0.25) is 4.79 Å². The van der Waals surface area contributed by atoms with Crippen molar-refractivity contribution < 1.29 is 13.2 Å². The van der Waals surface area contributed by atoms with Gasteiger partial charge in [0.15, 0.2) is 0 Å². The molecule has 1 aliphatic heterocycles. The second-order valence-corrected chi connectivity index (χ2v) is 9.52. The third kappa shape index (κ3) is 5.57. The molecule has 0 atom stereocenters. The van der Waals surface area contributed by atoms with Crippen molar-refractivity contribution in [1.29, 1.82) is 0 Å². The van der Waals surface area contributed by atoms with Crippen molar-refractivity contribution in [1.82, 2.24) is 4.31 Å². The number of anilines is 1. The number of hydrogen-bond donors (Lipinski definition) is 1. The average molecular weight is 405 g/mol. The number of nitrogens with zero attached hydrogens (tertiary/aromatic N) is 1. The molecular formula is C20H24N2O3S2. The van der Waals surface area contributed by atoms with Gasteiger partial charge in [-0.25, -0.2) is 8.42 Å². The van der Waals surface area contributed by atoms with Gasteiger partial charge in [0.25, 0.3) is 0 Å². The molecular weight excluding hydrogens is 380 g/mol. The highest BCUT2D eigenvalue weighted by Gasteiger charge is 2.26. The molecule has 1 amide bonds. The maximum Gasteiger partial charge on any atom is 0.243 e. The molecule has 0 radical (unpaired) electrons. The SMILES string of the molecule is O=C(CCSCc1ccccc1)Nc1ccc(S(=O)(=O)N2CCCC2)cc1. The highest BCUT2D eigenvalue weighted by molar-refractivity contribution is 7.98. The van der Waals surface area contributed by atoms with Crippen LogP contribution in [0, 0.1) is 0 Å². The van der Waals surface area contributed by atoms with Crippen LogP contribution in [0.4, 0.5) is 5.69 Å². The summed E-state index contributed by atoms with van der Waals surface area (Å²) in [5.41, 5.74) is 1.87. The van der Waals surface area contributed by atoms with E-state index < -0.39 is 10.0 Å². The van der Waals surface area contributed by atoms with Crippen LogP contribution >= 0.6 is 11.8 Å². The van der Waals surface area contributed by atoms with Gasteiger partial charge in [0.05, 0.1) is 4.90 Å². The predicted molar refractivity (Wildman–Crippen MR) is 110 cm³/mol.